The fourth-order valence-electron chi connectivity index (χ4n) is 1.60. The molecule has 0 atom stereocenters. The zero-order valence-electron chi connectivity index (χ0n) is 11.6. The van der Waals surface area contributed by atoms with E-state index in [4.69, 9.17) is 14.2 Å². The van der Waals surface area contributed by atoms with Gasteiger partial charge in [0, 0.05) is 11.5 Å². The van der Waals surface area contributed by atoms with Gasteiger partial charge in [-0.05, 0) is 0 Å². The first-order valence-electron chi connectivity index (χ1n) is 5.95. The predicted octanol–water partition coefficient (Wildman–Crippen LogP) is -1.20. The van der Waals surface area contributed by atoms with Gasteiger partial charge in [0.2, 0.25) is 5.96 Å². The van der Waals surface area contributed by atoms with E-state index >= 15 is 0 Å². The highest BCUT2D eigenvalue weighted by molar-refractivity contribution is 5.87. The van der Waals surface area contributed by atoms with E-state index in [0.29, 0.717) is 23.3 Å². The first kappa shape index (κ1) is 13.8. The van der Waals surface area contributed by atoms with Crippen LogP contribution in [-0.2, 0) is 0 Å². The van der Waals surface area contributed by atoms with Crippen molar-refractivity contribution in [2.75, 3.05) is 34.4 Å². The number of H-pyrrole nitrogens is 1. The molecule has 0 aliphatic carbocycles. The summed E-state index contributed by atoms with van der Waals surface area (Å²) in [5.74, 6) is 1.40. The van der Waals surface area contributed by atoms with Gasteiger partial charge < -0.3 is 19.5 Å². The van der Waals surface area contributed by atoms with Crippen molar-refractivity contribution >= 4 is 12.2 Å². The maximum absolute atomic E-state index is 5.23. The quantitative estimate of drug-likeness (QED) is 0.519. The van der Waals surface area contributed by atoms with Crippen LogP contribution in [0.3, 0.4) is 0 Å². The highest BCUT2D eigenvalue weighted by Crippen LogP contribution is 2.21. The third-order valence-corrected chi connectivity index (χ3v) is 2.53. The number of aliphatic imine (C=N–C) groups is 1. The van der Waals surface area contributed by atoms with Gasteiger partial charge in [-0.2, -0.15) is 10.1 Å². The molecule has 1 aromatic heterocycles. The Balaban J connectivity index is 2.22. The lowest BCUT2D eigenvalue weighted by atomic mass is 10.3. The Labute approximate surface area is 116 Å². The van der Waals surface area contributed by atoms with Gasteiger partial charge in [-0.3, -0.25) is 0 Å². The Kier molecular flexibility index (Phi) is 4.53. The number of nitrogens with zero attached hydrogens (tertiary/aromatic N) is 3. The number of hydrazone groups is 1. The molecule has 2 heterocycles. The Morgan fingerprint density at radius 2 is 2.15 bits per heavy atom. The standard InChI is InChI=1S/C11H16N6O3/c1-18-8-7(6-14-17-10-12-4-5-13-10)9(19-2)16-11(15-8)20-3/h6H,4-5H2,1-3H3,(H2,12,13,17)/p+1/b14-6+. The third kappa shape index (κ3) is 3.05. The second kappa shape index (κ2) is 6.55. The summed E-state index contributed by atoms with van der Waals surface area (Å²) in [6.45, 7) is 1.55. The summed E-state index contributed by atoms with van der Waals surface area (Å²) in [5, 5.41) is 7.10. The van der Waals surface area contributed by atoms with Crippen LogP contribution in [0.2, 0.25) is 0 Å². The molecule has 9 heteroatoms. The molecule has 0 fully saturated rings. The Bertz CT molecular complexity index is 506. The average molecular weight is 281 g/mol. The number of methoxy groups -OCH3 is 3. The molecule has 2 rings (SSSR count). The van der Waals surface area contributed by atoms with Gasteiger partial charge in [0.1, 0.15) is 0 Å². The number of aromatic nitrogens is 2. The number of guanidine groups is 1. The second-order valence-electron chi connectivity index (χ2n) is 3.73. The Morgan fingerprint density at radius 3 is 2.75 bits per heavy atom. The van der Waals surface area contributed by atoms with Crippen molar-refractivity contribution in [2.24, 2.45) is 10.1 Å². The molecule has 1 aromatic rings. The topological polar surface area (TPSA) is 104 Å². The van der Waals surface area contributed by atoms with E-state index in [1.165, 1.54) is 27.5 Å². The average Bonchev–Trinajstić information content (AvgIpc) is 3.00. The van der Waals surface area contributed by atoms with Crippen molar-refractivity contribution in [3.05, 3.63) is 5.56 Å². The van der Waals surface area contributed by atoms with Crippen LogP contribution in [0.25, 0.3) is 0 Å². The predicted molar refractivity (Wildman–Crippen MR) is 71.5 cm³/mol. The van der Waals surface area contributed by atoms with E-state index in [9.17, 15) is 0 Å². The number of nitrogens with one attached hydrogen (secondary N) is 3. The highest BCUT2D eigenvalue weighted by atomic mass is 16.5. The van der Waals surface area contributed by atoms with Crippen molar-refractivity contribution in [1.82, 2.24) is 15.7 Å². The lowest BCUT2D eigenvalue weighted by molar-refractivity contribution is -0.411. The fraction of sp³-hybridized carbons (Fsp3) is 0.455. The van der Waals surface area contributed by atoms with Crippen LogP contribution in [0.4, 0.5) is 0 Å². The van der Waals surface area contributed by atoms with Crippen LogP contribution in [-0.4, -0.2) is 51.6 Å². The van der Waals surface area contributed by atoms with Crippen molar-refractivity contribution in [3.8, 4) is 17.8 Å². The molecule has 0 spiro atoms. The molecule has 0 bridgehead atoms. The summed E-state index contributed by atoms with van der Waals surface area (Å²) in [4.78, 5) is 11.1. The summed E-state index contributed by atoms with van der Waals surface area (Å²) in [7, 11) is 4.53. The van der Waals surface area contributed by atoms with Crippen LogP contribution >= 0.6 is 0 Å². The van der Waals surface area contributed by atoms with Gasteiger partial charge in [0.25, 0.3) is 0 Å². The van der Waals surface area contributed by atoms with Crippen LogP contribution in [0.15, 0.2) is 10.1 Å². The normalized spacial score (nSPS) is 13.8. The van der Waals surface area contributed by atoms with E-state index in [1.807, 2.05) is 0 Å². The van der Waals surface area contributed by atoms with Gasteiger partial charge in [0.15, 0.2) is 5.56 Å². The number of aromatic amines is 1. The second-order valence-corrected chi connectivity index (χ2v) is 3.73. The zero-order valence-corrected chi connectivity index (χ0v) is 11.6. The molecule has 9 nitrogen and oxygen atoms in total. The molecule has 0 saturated carbocycles. The van der Waals surface area contributed by atoms with Gasteiger partial charge in [0.05, 0.1) is 34.1 Å². The largest absolute Gasteiger partial charge is 0.502 e. The first-order valence-corrected chi connectivity index (χ1v) is 5.95. The minimum Gasteiger partial charge on any atom is -0.465 e. The molecule has 20 heavy (non-hydrogen) atoms. The number of hydrogen-bond acceptors (Lipinski definition) is 8. The summed E-state index contributed by atoms with van der Waals surface area (Å²) in [6, 6.07) is 0.283. The Morgan fingerprint density at radius 1 is 1.30 bits per heavy atom. The van der Waals surface area contributed by atoms with Crippen molar-refractivity contribution in [1.29, 1.82) is 0 Å². The zero-order chi connectivity index (χ0) is 14.4. The van der Waals surface area contributed by atoms with Crippen molar-refractivity contribution < 1.29 is 19.2 Å². The van der Waals surface area contributed by atoms with E-state index in [0.717, 1.165) is 13.1 Å². The molecule has 0 unspecified atom stereocenters. The lowest BCUT2D eigenvalue weighted by Crippen LogP contribution is -2.30. The van der Waals surface area contributed by atoms with Crippen LogP contribution < -0.4 is 29.9 Å². The lowest BCUT2D eigenvalue weighted by Gasteiger charge is -2.04. The minimum absolute atomic E-state index is 0.283. The van der Waals surface area contributed by atoms with Crippen LogP contribution in [0, 0.1) is 0 Å². The molecule has 0 radical (unpaired) electrons. The van der Waals surface area contributed by atoms with E-state index < -0.39 is 0 Å². The number of rotatable bonds is 5. The first-order chi connectivity index (χ1) is 9.78. The number of ether oxygens (including phenoxy) is 3. The van der Waals surface area contributed by atoms with Crippen molar-refractivity contribution in [3.63, 3.8) is 0 Å². The van der Waals surface area contributed by atoms with Gasteiger partial charge >= 0.3 is 17.8 Å². The summed E-state index contributed by atoms with van der Waals surface area (Å²) < 4.78 is 15.5. The molecule has 0 aromatic carbocycles. The highest BCUT2D eigenvalue weighted by Gasteiger charge is 2.22. The van der Waals surface area contributed by atoms with Crippen molar-refractivity contribution in [2.45, 2.75) is 0 Å². The van der Waals surface area contributed by atoms with E-state index in [2.05, 4.69) is 30.8 Å². The molecule has 108 valence electrons. The molecule has 3 N–H and O–H groups in total. The maximum atomic E-state index is 5.23. The molecule has 0 amide bonds. The SMILES string of the molecule is COc1nc(OC)c(/C=N/NC2=NCCN2)c(OC)[nH+]1. The van der Waals surface area contributed by atoms with Gasteiger partial charge in [-0.1, -0.05) is 0 Å². The number of hydrogen-bond donors (Lipinski definition) is 2. The molecule has 1 aliphatic heterocycles. The monoisotopic (exact) mass is 281 g/mol. The summed E-state index contributed by atoms with van der Waals surface area (Å²) in [5.41, 5.74) is 3.34. The minimum atomic E-state index is 0.283. The van der Waals surface area contributed by atoms with Crippen LogP contribution in [0.1, 0.15) is 5.56 Å². The Hall–Kier alpha value is -2.58. The maximum Gasteiger partial charge on any atom is 0.502 e. The summed E-state index contributed by atoms with van der Waals surface area (Å²) in [6.07, 6.45) is 1.53. The van der Waals surface area contributed by atoms with E-state index in [1.54, 1.807) is 0 Å². The van der Waals surface area contributed by atoms with Gasteiger partial charge in [-0.25, -0.2) is 10.4 Å². The fourth-order valence-corrected chi connectivity index (χ4v) is 1.60. The molecule has 1 aliphatic rings. The molecular weight excluding hydrogens is 264 g/mol. The van der Waals surface area contributed by atoms with E-state index in [-0.39, 0.29) is 6.01 Å². The smallest absolute Gasteiger partial charge is 0.465 e. The molecular formula is C11H17N6O3+. The molecule has 0 saturated heterocycles. The third-order valence-electron chi connectivity index (χ3n) is 2.53. The van der Waals surface area contributed by atoms with Gasteiger partial charge in [-0.15, -0.1) is 0 Å². The van der Waals surface area contributed by atoms with Crippen LogP contribution in [0.5, 0.6) is 17.8 Å². The summed E-state index contributed by atoms with van der Waals surface area (Å²) >= 11 is 0.